The molecular weight excluding hydrogens is 464 g/mol. The number of amides is 1. The van der Waals surface area contributed by atoms with Crippen LogP contribution in [0.1, 0.15) is 5.56 Å². The van der Waals surface area contributed by atoms with Gasteiger partial charge in [0.05, 0.1) is 33.2 Å². The Labute approximate surface area is 174 Å². The lowest BCUT2D eigenvalue weighted by Gasteiger charge is -2.24. The summed E-state index contributed by atoms with van der Waals surface area (Å²) in [5, 5.41) is 2.49. The van der Waals surface area contributed by atoms with Crippen molar-refractivity contribution < 1.29 is 26.4 Å². The lowest BCUT2D eigenvalue weighted by molar-refractivity contribution is -0.137. The fourth-order valence-electron chi connectivity index (χ4n) is 2.17. The number of rotatable bonds is 5. The number of hydrogen-bond acceptors (Lipinski definition) is 3. The van der Waals surface area contributed by atoms with Crippen molar-refractivity contribution in [3.8, 4) is 0 Å². The van der Waals surface area contributed by atoms with Gasteiger partial charge >= 0.3 is 6.18 Å². The van der Waals surface area contributed by atoms with Gasteiger partial charge in [-0.2, -0.15) is 13.2 Å². The van der Waals surface area contributed by atoms with E-state index in [9.17, 15) is 26.4 Å². The van der Waals surface area contributed by atoms with E-state index in [1.165, 1.54) is 18.2 Å². The lowest BCUT2D eigenvalue weighted by atomic mass is 10.2. The predicted octanol–water partition coefficient (Wildman–Crippen LogP) is 5.07. The predicted molar refractivity (Wildman–Crippen MR) is 104 cm³/mol. The zero-order valence-electron chi connectivity index (χ0n) is 14.0. The van der Waals surface area contributed by atoms with Gasteiger partial charge in [-0.1, -0.05) is 34.8 Å². The number of benzene rings is 2. The van der Waals surface area contributed by atoms with Crippen LogP contribution in [-0.2, 0) is 21.0 Å². The second-order valence-electron chi connectivity index (χ2n) is 5.61. The Morgan fingerprint density at radius 2 is 1.68 bits per heavy atom. The van der Waals surface area contributed by atoms with Crippen LogP contribution in [0.3, 0.4) is 0 Å². The number of carbonyl (C=O) groups is 1. The Bertz CT molecular complexity index is 1010. The number of halogens is 6. The van der Waals surface area contributed by atoms with Gasteiger partial charge in [-0.3, -0.25) is 9.10 Å². The Balaban J connectivity index is 2.38. The van der Waals surface area contributed by atoms with E-state index in [1.807, 2.05) is 0 Å². The monoisotopic (exact) mass is 474 g/mol. The summed E-state index contributed by atoms with van der Waals surface area (Å²) < 4.78 is 63.6. The molecule has 0 saturated heterocycles. The average molecular weight is 476 g/mol. The molecule has 152 valence electrons. The summed E-state index contributed by atoms with van der Waals surface area (Å²) in [6.45, 7) is -0.831. The molecule has 0 aliphatic rings. The highest BCUT2D eigenvalue weighted by atomic mass is 35.5. The third-order valence-electron chi connectivity index (χ3n) is 3.43. The second-order valence-corrected chi connectivity index (χ2v) is 8.76. The van der Waals surface area contributed by atoms with Crippen molar-refractivity contribution in [2.45, 2.75) is 6.18 Å². The molecule has 1 N–H and O–H groups in total. The highest BCUT2D eigenvalue weighted by Gasteiger charge is 2.33. The van der Waals surface area contributed by atoms with Crippen molar-refractivity contribution in [1.82, 2.24) is 0 Å². The van der Waals surface area contributed by atoms with E-state index >= 15 is 0 Å². The van der Waals surface area contributed by atoms with Gasteiger partial charge in [0, 0.05) is 5.02 Å². The molecule has 0 saturated carbocycles. The molecule has 0 aliphatic heterocycles. The SMILES string of the molecule is CS(=O)(=O)N(CC(=O)Nc1cc(Cl)ccc1Cl)c1cc(C(F)(F)F)ccc1Cl. The molecule has 2 rings (SSSR count). The highest BCUT2D eigenvalue weighted by molar-refractivity contribution is 7.92. The quantitative estimate of drug-likeness (QED) is 0.656. The molecule has 0 aromatic heterocycles. The van der Waals surface area contributed by atoms with Crippen LogP contribution in [0.15, 0.2) is 36.4 Å². The first-order chi connectivity index (χ1) is 12.8. The van der Waals surface area contributed by atoms with Crippen molar-refractivity contribution >= 4 is 62.1 Å². The minimum atomic E-state index is -4.72. The third kappa shape index (κ3) is 5.66. The van der Waals surface area contributed by atoms with Crippen molar-refractivity contribution in [2.75, 3.05) is 22.4 Å². The molecule has 0 aliphatic carbocycles. The number of nitrogens with one attached hydrogen (secondary N) is 1. The molecule has 0 fully saturated rings. The summed E-state index contributed by atoms with van der Waals surface area (Å²) in [5.41, 5.74) is -1.48. The minimum Gasteiger partial charge on any atom is -0.323 e. The van der Waals surface area contributed by atoms with E-state index in [1.54, 1.807) is 0 Å². The smallest absolute Gasteiger partial charge is 0.323 e. The van der Waals surface area contributed by atoms with Crippen LogP contribution in [0, 0.1) is 0 Å². The van der Waals surface area contributed by atoms with Crippen molar-refractivity contribution in [3.63, 3.8) is 0 Å². The number of sulfonamides is 1. The van der Waals surface area contributed by atoms with Gasteiger partial charge in [-0.25, -0.2) is 8.42 Å². The summed E-state index contributed by atoms with van der Waals surface area (Å²) >= 11 is 17.6. The summed E-state index contributed by atoms with van der Waals surface area (Å²) in [6, 6.07) is 6.40. The molecule has 12 heteroatoms. The van der Waals surface area contributed by atoms with Gasteiger partial charge in [0.25, 0.3) is 0 Å². The molecule has 0 unspecified atom stereocenters. The minimum absolute atomic E-state index is 0.114. The molecule has 0 bridgehead atoms. The van der Waals surface area contributed by atoms with E-state index in [0.29, 0.717) is 16.4 Å². The maximum absolute atomic E-state index is 13.0. The van der Waals surface area contributed by atoms with Gasteiger partial charge < -0.3 is 5.32 Å². The fourth-order valence-corrected chi connectivity index (χ4v) is 3.64. The van der Waals surface area contributed by atoms with E-state index in [4.69, 9.17) is 34.8 Å². The summed E-state index contributed by atoms with van der Waals surface area (Å²) in [4.78, 5) is 12.3. The molecule has 2 aromatic rings. The molecular formula is C16H12Cl3F3N2O3S. The highest BCUT2D eigenvalue weighted by Crippen LogP contribution is 2.36. The zero-order chi connectivity index (χ0) is 21.3. The van der Waals surface area contributed by atoms with Gasteiger partial charge in [0.2, 0.25) is 15.9 Å². The summed E-state index contributed by atoms with van der Waals surface area (Å²) in [6.07, 6.45) is -3.98. The average Bonchev–Trinajstić information content (AvgIpc) is 2.55. The molecule has 28 heavy (non-hydrogen) atoms. The molecule has 5 nitrogen and oxygen atoms in total. The number of anilines is 2. The first kappa shape index (κ1) is 22.6. The standard InChI is InChI=1S/C16H12Cl3F3N2O3S/c1-28(26,27)24(14-6-9(16(20,21)22)2-4-12(14)19)8-15(25)23-13-7-10(17)3-5-11(13)18/h2-7H,8H2,1H3,(H,23,25). The zero-order valence-corrected chi connectivity index (χ0v) is 17.1. The summed E-state index contributed by atoms with van der Waals surface area (Å²) in [7, 11) is -4.15. The number of hydrogen-bond donors (Lipinski definition) is 1. The van der Waals surface area contributed by atoms with Gasteiger partial charge in [0.15, 0.2) is 0 Å². The number of nitrogens with zero attached hydrogens (tertiary/aromatic N) is 1. The molecule has 2 aromatic carbocycles. The third-order valence-corrected chi connectivity index (χ3v) is 5.44. The molecule has 1 amide bonds. The van der Waals surface area contributed by atoms with Crippen LogP contribution >= 0.6 is 34.8 Å². The largest absolute Gasteiger partial charge is 0.416 e. The summed E-state index contributed by atoms with van der Waals surface area (Å²) in [5.74, 6) is -0.858. The Morgan fingerprint density at radius 3 is 2.25 bits per heavy atom. The maximum atomic E-state index is 13.0. The van der Waals surface area contributed by atoms with Crippen LogP contribution < -0.4 is 9.62 Å². The van der Waals surface area contributed by atoms with Crippen LogP contribution in [0.2, 0.25) is 15.1 Å². The normalized spacial score (nSPS) is 12.0. The van der Waals surface area contributed by atoms with E-state index < -0.39 is 39.9 Å². The van der Waals surface area contributed by atoms with Crippen LogP contribution in [0.5, 0.6) is 0 Å². The van der Waals surface area contributed by atoms with Gasteiger partial charge in [-0.05, 0) is 36.4 Å². The van der Waals surface area contributed by atoms with Crippen LogP contribution in [-0.4, -0.2) is 27.1 Å². The van der Waals surface area contributed by atoms with Gasteiger partial charge in [0.1, 0.15) is 6.54 Å². The molecule has 0 radical (unpaired) electrons. The second kappa shape index (κ2) is 8.36. The van der Waals surface area contributed by atoms with Crippen molar-refractivity contribution in [2.24, 2.45) is 0 Å². The van der Waals surface area contributed by atoms with Gasteiger partial charge in [-0.15, -0.1) is 0 Å². The molecule has 0 heterocycles. The Hall–Kier alpha value is -1.68. The van der Waals surface area contributed by atoms with Crippen LogP contribution in [0.4, 0.5) is 24.5 Å². The topological polar surface area (TPSA) is 66.5 Å². The maximum Gasteiger partial charge on any atom is 0.416 e. The Morgan fingerprint density at radius 1 is 1.07 bits per heavy atom. The first-order valence-corrected chi connectivity index (χ1v) is 10.4. The van der Waals surface area contributed by atoms with Crippen molar-refractivity contribution in [3.05, 3.63) is 57.0 Å². The fraction of sp³-hybridized carbons (Fsp3) is 0.188. The molecule has 0 atom stereocenters. The lowest BCUT2D eigenvalue weighted by Crippen LogP contribution is -2.37. The first-order valence-electron chi connectivity index (χ1n) is 7.38. The van der Waals surface area contributed by atoms with E-state index in [-0.39, 0.29) is 20.8 Å². The Kier molecular flexibility index (Phi) is 6.75. The van der Waals surface area contributed by atoms with Crippen molar-refractivity contribution in [1.29, 1.82) is 0 Å². The van der Waals surface area contributed by atoms with Crippen LogP contribution in [0.25, 0.3) is 0 Å². The van der Waals surface area contributed by atoms with E-state index in [2.05, 4.69) is 5.32 Å². The number of carbonyl (C=O) groups excluding carboxylic acids is 1. The molecule has 0 spiro atoms. The number of alkyl halides is 3. The van der Waals surface area contributed by atoms with E-state index in [0.717, 1.165) is 12.3 Å².